The van der Waals surface area contributed by atoms with Crippen molar-refractivity contribution >= 4 is 6.09 Å². The number of aliphatic hydroxyl groups excluding tert-OH is 1. The molecule has 5 heteroatoms. The summed E-state index contributed by atoms with van der Waals surface area (Å²) in [6, 6.07) is 7.75. The summed E-state index contributed by atoms with van der Waals surface area (Å²) < 4.78 is 11.0. The second-order valence-electron chi connectivity index (χ2n) is 6.80. The number of ether oxygens (including phenoxy) is 2. The minimum atomic E-state index is -0.495. The number of hydrogen-bond acceptors (Lipinski definition) is 4. The van der Waals surface area contributed by atoms with Crippen molar-refractivity contribution < 1.29 is 19.4 Å². The van der Waals surface area contributed by atoms with Crippen LogP contribution in [-0.4, -0.2) is 35.6 Å². The molecule has 130 valence electrons. The fraction of sp³-hybridized carbons (Fsp3) is 0.611. The number of benzene rings is 1. The highest BCUT2D eigenvalue weighted by Gasteiger charge is 2.18. The quantitative estimate of drug-likeness (QED) is 0.808. The smallest absolute Gasteiger partial charge is 0.407 e. The molecule has 0 fully saturated rings. The number of hydrogen-bond donors (Lipinski definition) is 2. The first kappa shape index (κ1) is 19.3. The first-order chi connectivity index (χ1) is 10.7. The number of rotatable bonds is 7. The van der Waals surface area contributed by atoms with E-state index in [9.17, 15) is 4.79 Å². The van der Waals surface area contributed by atoms with Gasteiger partial charge in [0.15, 0.2) is 0 Å². The molecule has 0 aromatic heterocycles. The normalized spacial score (nSPS) is 14.0. The molecule has 0 bridgehead atoms. The van der Waals surface area contributed by atoms with Crippen LogP contribution in [0.1, 0.15) is 46.6 Å². The number of carbonyl (C=O) groups is 1. The number of nitrogens with one attached hydrogen (secondary N) is 1. The van der Waals surface area contributed by atoms with Crippen LogP contribution in [-0.2, 0) is 11.2 Å². The van der Waals surface area contributed by atoms with E-state index in [2.05, 4.69) is 5.32 Å². The summed E-state index contributed by atoms with van der Waals surface area (Å²) in [6.45, 7) is 9.27. The van der Waals surface area contributed by atoms with Gasteiger partial charge in [0, 0.05) is 6.04 Å². The molecule has 0 radical (unpaired) electrons. The lowest BCUT2D eigenvalue weighted by Gasteiger charge is -2.22. The van der Waals surface area contributed by atoms with Crippen LogP contribution in [0.2, 0.25) is 0 Å². The molecule has 1 aromatic carbocycles. The highest BCUT2D eigenvalue weighted by Crippen LogP contribution is 2.21. The predicted molar refractivity (Wildman–Crippen MR) is 90.8 cm³/mol. The molecule has 1 rings (SSSR count). The highest BCUT2D eigenvalue weighted by molar-refractivity contribution is 5.68. The monoisotopic (exact) mass is 323 g/mol. The molecule has 1 aromatic rings. The third-order valence-electron chi connectivity index (χ3n) is 3.17. The van der Waals surface area contributed by atoms with E-state index in [-0.39, 0.29) is 18.8 Å². The van der Waals surface area contributed by atoms with Gasteiger partial charge >= 0.3 is 6.09 Å². The Labute approximate surface area is 139 Å². The maximum atomic E-state index is 11.7. The standard InChI is InChI=1S/C18H29NO4/c1-13(19-17(21)23-18(3,4)5)10-11-15-8-6-7-9-16(15)22-14(2)12-20/h6-9,13-14,20H,10-12H2,1-5H3,(H,19,21)/t13-,14+/m0/s1. The summed E-state index contributed by atoms with van der Waals surface area (Å²) in [5, 5.41) is 11.9. The maximum Gasteiger partial charge on any atom is 0.407 e. The molecular formula is C18H29NO4. The Hall–Kier alpha value is -1.75. The van der Waals surface area contributed by atoms with Gasteiger partial charge in [-0.05, 0) is 59.1 Å². The third kappa shape index (κ3) is 7.88. The van der Waals surface area contributed by atoms with Crippen LogP contribution in [0.4, 0.5) is 4.79 Å². The van der Waals surface area contributed by atoms with E-state index < -0.39 is 11.7 Å². The van der Waals surface area contributed by atoms with Crippen molar-refractivity contribution in [3.05, 3.63) is 29.8 Å². The van der Waals surface area contributed by atoms with Crippen molar-refractivity contribution in [2.24, 2.45) is 0 Å². The Morgan fingerprint density at radius 3 is 2.52 bits per heavy atom. The van der Waals surface area contributed by atoms with Crippen LogP contribution in [0, 0.1) is 0 Å². The summed E-state index contributed by atoms with van der Waals surface area (Å²) in [5.41, 5.74) is 0.565. The van der Waals surface area contributed by atoms with Crippen LogP contribution < -0.4 is 10.1 Å². The lowest BCUT2D eigenvalue weighted by molar-refractivity contribution is 0.0506. The fourth-order valence-corrected chi connectivity index (χ4v) is 2.03. The Morgan fingerprint density at radius 1 is 1.26 bits per heavy atom. The topological polar surface area (TPSA) is 67.8 Å². The van der Waals surface area contributed by atoms with E-state index in [1.54, 1.807) is 0 Å². The van der Waals surface area contributed by atoms with Crippen LogP contribution in [0.25, 0.3) is 0 Å². The molecule has 2 N–H and O–H groups in total. The lowest BCUT2D eigenvalue weighted by atomic mass is 10.1. The van der Waals surface area contributed by atoms with Crippen LogP contribution in [0.3, 0.4) is 0 Å². The van der Waals surface area contributed by atoms with E-state index in [0.717, 1.165) is 24.2 Å². The van der Waals surface area contributed by atoms with Crippen molar-refractivity contribution in [2.75, 3.05) is 6.61 Å². The van der Waals surface area contributed by atoms with E-state index in [0.29, 0.717) is 0 Å². The van der Waals surface area contributed by atoms with E-state index in [1.807, 2.05) is 58.9 Å². The highest BCUT2D eigenvalue weighted by atomic mass is 16.6. The molecule has 0 aliphatic heterocycles. The third-order valence-corrected chi connectivity index (χ3v) is 3.17. The summed E-state index contributed by atoms with van der Waals surface area (Å²) in [4.78, 5) is 11.7. The van der Waals surface area contributed by atoms with Gasteiger partial charge in [0.2, 0.25) is 0 Å². The number of para-hydroxylation sites is 1. The van der Waals surface area contributed by atoms with Crippen molar-refractivity contribution in [1.82, 2.24) is 5.32 Å². The van der Waals surface area contributed by atoms with Gasteiger partial charge < -0.3 is 19.9 Å². The zero-order chi connectivity index (χ0) is 17.5. The molecular weight excluding hydrogens is 294 g/mol. The van der Waals surface area contributed by atoms with Crippen LogP contribution >= 0.6 is 0 Å². The van der Waals surface area contributed by atoms with Gasteiger partial charge in [0.05, 0.1) is 6.61 Å². The molecule has 5 nitrogen and oxygen atoms in total. The van der Waals surface area contributed by atoms with E-state index in [1.165, 1.54) is 0 Å². The molecule has 0 saturated carbocycles. The van der Waals surface area contributed by atoms with Crippen molar-refractivity contribution in [1.29, 1.82) is 0 Å². The second-order valence-corrected chi connectivity index (χ2v) is 6.80. The zero-order valence-corrected chi connectivity index (χ0v) is 14.8. The summed E-state index contributed by atoms with van der Waals surface area (Å²) in [5.74, 6) is 0.776. The summed E-state index contributed by atoms with van der Waals surface area (Å²) >= 11 is 0. The Kier molecular flexibility index (Phi) is 7.36. The van der Waals surface area contributed by atoms with Gasteiger partial charge in [-0.1, -0.05) is 18.2 Å². The molecule has 0 heterocycles. The van der Waals surface area contributed by atoms with Gasteiger partial charge in [-0.3, -0.25) is 0 Å². The van der Waals surface area contributed by atoms with Gasteiger partial charge in [-0.15, -0.1) is 0 Å². The van der Waals surface area contributed by atoms with Crippen LogP contribution in [0.15, 0.2) is 24.3 Å². The molecule has 0 aliphatic carbocycles. The largest absolute Gasteiger partial charge is 0.488 e. The Bertz CT molecular complexity index is 496. The van der Waals surface area contributed by atoms with Gasteiger partial charge in [0.1, 0.15) is 17.5 Å². The average Bonchev–Trinajstić information content (AvgIpc) is 2.44. The SMILES string of the molecule is C[C@H](CO)Oc1ccccc1CC[C@H](C)NC(=O)OC(C)(C)C. The molecule has 0 spiro atoms. The average molecular weight is 323 g/mol. The number of carbonyl (C=O) groups excluding carboxylic acids is 1. The number of amides is 1. The zero-order valence-electron chi connectivity index (χ0n) is 14.8. The minimum absolute atomic E-state index is 0.00632. The molecule has 0 unspecified atom stereocenters. The second kappa shape index (κ2) is 8.77. The van der Waals surface area contributed by atoms with Gasteiger partial charge in [-0.25, -0.2) is 4.79 Å². The first-order valence-electron chi connectivity index (χ1n) is 8.06. The number of aryl methyl sites for hydroxylation is 1. The number of aliphatic hydroxyl groups is 1. The number of alkyl carbamates (subject to hydrolysis) is 1. The van der Waals surface area contributed by atoms with Crippen molar-refractivity contribution in [3.63, 3.8) is 0 Å². The van der Waals surface area contributed by atoms with Crippen molar-refractivity contribution in [2.45, 2.75) is 65.2 Å². The Morgan fingerprint density at radius 2 is 1.91 bits per heavy atom. The molecule has 0 saturated heterocycles. The van der Waals surface area contributed by atoms with Gasteiger partial charge in [-0.2, -0.15) is 0 Å². The minimum Gasteiger partial charge on any atom is -0.488 e. The molecule has 1 amide bonds. The fourth-order valence-electron chi connectivity index (χ4n) is 2.03. The van der Waals surface area contributed by atoms with E-state index >= 15 is 0 Å². The van der Waals surface area contributed by atoms with Crippen LogP contribution in [0.5, 0.6) is 5.75 Å². The lowest BCUT2D eigenvalue weighted by Crippen LogP contribution is -2.37. The molecule has 0 aliphatic rings. The first-order valence-corrected chi connectivity index (χ1v) is 8.06. The summed E-state index contributed by atoms with van der Waals surface area (Å²) in [7, 11) is 0. The summed E-state index contributed by atoms with van der Waals surface area (Å²) in [6.07, 6.45) is 0.898. The van der Waals surface area contributed by atoms with E-state index in [4.69, 9.17) is 14.6 Å². The Balaban J connectivity index is 2.53. The molecule has 2 atom stereocenters. The van der Waals surface area contributed by atoms with Gasteiger partial charge in [0.25, 0.3) is 0 Å². The maximum absolute atomic E-state index is 11.7. The van der Waals surface area contributed by atoms with Crippen molar-refractivity contribution in [3.8, 4) is 5.75 Å². The molecule has 23 heavy (non-hydrogen) atoms. The predicted octanol–water partition coefficient (Wildman–Crippen LogP) is 3.29.